The third-order valence-corrected chi connectivity index (χ3v) is 3.74. The Morgan fingerprint density at radius 3 is 2.47 bits per heavy atom. The van der Waals surface area contributed by atoms with Gasteiger partial charge >= 0.3 is 0 Å². The molecule has 17 heavy (non-hydrogen) atoms. The van der Waals surface area contributed by atoms with E-state index in [9.17, 15) is 4.21 Å². The Balaban J connectivity index is 2.85. The van der Waals surface area contributed by atoms with Crippen molar-refractivity contribution in [2.45, 2.75) is 45.3 Å². The average Bonchev–Trinajstić information content (AvgIpc) is 2.25. The Kier molecular flexibility index (Phi) is 4.63. The molecule has 1 aromatic carbocycles. The Morgan fingerprint density at radius 1 is 1.29 bits per heavy atom. The molecular weight excluding hydrogens is 230 g/mol. The maximum atomic E-state index is 11.8. The van der Waals surface area contributed by atoms with Crippen molar-refractivity contribution in [2.75, 3.05) is 0 Å². The third-order valence-electron chi connectivity index (χ3n) is 2.40. The number of benzene rings is 1. The van der Waals surface area contributed by atoms with Crippen LogP contribution in [-0.2, 0) is 11.0 Å². The van der Waals surface area contributed by atoms with Crippen molar-refractivity contribution in [1.29, 1.82) is 0 Å². The number of hydrogen-bond acceptors (Lipinski definition) is 1. The lowest BCUT2D eigenvalue weighted by atomic mass is 10.0. The predicted molar refractivity (Wildman–Crippen MR) is 76.0 cm³/mol. The lowest BCUT2D eigenvalue weighted by Crippen LogP contribution is -2.19. The molecule has 3 heteroatoms. The maximum Gasteiger partial charge on any atom is 0.144 e. The largest absolute Gasteiger partial charge is 0.234 e. The first-order chi connectivity index (χ1) is 7.80. The second kappa shape index (κ2) is 5.58. The highest BCUT2D eigenvalue weighted by atomic mass is 32.2. The minimum Gasteiger partial charge on any atom is -0.234 e. The van der Waals surface area contributed by atoms with Crippen molar-refractivity contribution < 1.29 is 4.21 Å². The van der Waals surface area contributed by atoms with Crippen LogP contribution >= 0.6 is 0 Å². The van der Waals surface area contributed by atoms with Gasteiger partial charge in [-0.15, -0.1) is 0 Å². The SMILES string of the molecule is CC(C)c1cccc(C=NS(=O)C(C)(C)C)c1. The molecule has 0 N–H and O–H groups in total. The van der Waals surface area contributed by atoms with Gasteiger partial charge in [-0.3, -0.25) is 0 Å². The molecule has 0 aliphatic heterocycles. The fourth-order valence-electron chi connectivity index (χ4n) is 1.27. The summed E-state index contributed by atoms with van der Waals surface area (Å²) in [5.41, 5.74) is 2.28. The Bertz CT molecular complexity index is 430. The van der Waals surface area contributed by atoms with Crippen molar-refractivity contribution in [1.82, 2.24) is 0 Å². The van der Waals surface area contributed by atoms with Crippen LogP contribution in [0.4, 0.5) is 0 Å². The minimum atomic E-state index is -1.19. The van der Waals surface area contributed by atoms with Crippen LogP contribution in [0.3, 0.4) is 0 Å². The molecule has 0 saturated heterocycles. The van der Waals surface area contributed by atoms with Crippen LogP contribution in [0.2, 0.25) is 0 Å². The monoisotopic (exact) mass is 251 g/mol. The van der Waals surface area contributed by atoms with Crippen molar-refractivity contribution in [3.8, 4) is 0 Å². The lowest BCUT2D eigenvalue weighted by Gasteiger charge is -2.12. The maximum absolute atomic E-state index is 11.8. The Labute approximate surface area is 107 Å². The first kappa shape index (κ1) is 14.1. The topological polar surface area (TPSA) is 29.4 Å². The molecule has 1 aromatic rings. The lowest BCUT2D eigenvalue weighted by molar-refractivity contribution is 0.651. The van der Waals surface area contributed by atoms with Gasteiger partial charge in [0.2, 0.25) is 0 Å². The molecule has 0 spiro atoms. The highest BCUT2D eigenvalue weighted by molar-refractivity contribution is 7.85. The van der Waals surface area contributed by atoms with E-state index >= 15 is 0 Å². The second-order valence-corrected chi connectivity index (χ2v) is 7.35. The summed E-state index contributed by atoms with van der Waals surface area (Å²) in [5.74, 6) is 0.497. The van der Waals surface area contributed by atoms with E-state index in [2.05, 4.69) is 30.4 Å². The molecule has 0 amide bonds. The predicted octanol–water partition coefficient (Wildman–Crippen LogP) is 3.69. The van der Waals surface area contributed by atoms with E-state index in [4.69, 9.17) is 0 Å². The van der Waals surface area contributed by atoms with Gasteiger partial charge in [-0.1, -0.05) is 32.0 Å². The Morgan fingerprint density at radius 2 is 1.94 bits per heavy atom. The van der Waals surface area contributed by atoms with Gasteiger partial charge in [-0.05, 0) is 43.9 Å². The highest BCUT2D eigenvalue weighted by Gasteiger charge is 2.18. The quantitative estimate of drug-likeness (QED) is 0.753. The fourth-order valence-corrected chi connectivity index (χ4v) is 1.80. The van der Waals surface area contributed by atoms with E-state index in [0.717, 1.165) is 5.56 Å². The Hall–Kier alpha value is -0.960. The molecule has 0 aromatic heterocycles. The standard InChI is InChI=1S/C14H21NOS/c1-11(2)13-8-6-7-12(9-13)10-15-17(16)14(3,4)5/h6-11H,1-5H3. The smallest absolute Gasteiger partial charge is 0.144 e. The normalized spacial score (nSPS) is 14.5. The summed E-state index contributed by atoms with van der Waals surface area (Å²) in [6.07, 6.45) is 1.70. The molecule has 1 unspecified atom stereocenters. The van der Waals surface area contributed by atoms with Gasteiger partial charge in [0, 0.05) is 6.21 Å². The zero-order valence-corrected chi connectivity index (χ0v) is 12.0. The van der Waals surface area contributed by atoms with Crippen LogP contribution in [0, 0.1) is 0 Å². The fraction of sp³-hybridized carbons (Fsp3) is 0.500. The van der Waals surface area contributed by atoms with Gasteiger partial charge in [0.05, 0.1) is 4.75 Å². The van der Waals surface area contributed by atoms with Crippen LogP contribution in [0.25, 0.3) is 0 Å². The molecule has 0 bridgehead atoms. The summed E-state index contributed by atoms with van der Waals surface area (Å²) in [6, 6.07) is 8.18. The summed E-state index contributed by atoms with van der Waals surface area (Å²) in [4.78, 5) is 0. The summed E-state index contributed by atoms with van der Waals surface area (Å²) in [6.45, 7) is 10.1. The van der Waals surface area contributed by atoms with Crippen LogP contribution < -0.4 is 0 Å². The van der Waals surface area contributed by atoms with E-state index in [-0.39, 0.29) is 4.75 Å². The van der Waals surface area contributed by atoms with Gasteiger partial charge in [-0.25, -0.2) is 4.21 Å². The van der Waals surface area contributed by atoms with Crippen molar-refractivity contribution in [2.24, 2.45) is 4.40 Å². The summed E-state index contributed by atoms with van der Waals surface area (Å²) in [5, 5.41) is 0. The molecular formula is C14H21NOS. The molecule has 0 saturated carbocycles. The first-order valence-electron chi connectivity index (χ1n) is 5.86. The molecule has 0 fully saturated rings. The summed E-state index contributed by atoms with van der Waals surface area (Å²) >= 11 is 0. The summed E-state index contributed by atoms with van der Waals surface area (Å²) < 4.78 is 15.6. The third kappa shape index (κ3) is 4.43. The van der Waals surface area contributed by atoms with E-state index in [1.807, 2.05) is 32.9 Å². The van der Waals surface area contributed by atoms with Gasteiger partial charge in [-0.2, -0.15) is 4.40 Å². The molecule has 0 radical (unpaired) electrons. The van der Waals surface area contributed by atoms with Gasteiger partial charge in [0.15, 0.2) is 0 Å². The van der Waals surface area contributed by atoms with Gasteiger partial charge in [0.1, 0.15) is 11.0 Å². The van der Waals surface area contributed by atoms with E-state index in [1.54, 1.807) is 6.21 Å². The first-order valence-corrected chi connectivity index (χ1v) is 6.97. The van der Waals surface area contributed by atoms with Crippen molar-refractivity contribution in [3.05, 3.63) is 35.4 Å². The molecule has 1 atom stereocenters. The molecule has 0 aliphatic rings. The minimum absolute atomic E-state index is 0.299. The molecule has 2 nitrogen and oxygen atoms in total. The zero-order valence-electron chi connectivity index (χ0n) is 11.2. The van der Waals surface area contributed by atoms with Crippen LogP contribution in [0.5, 0.6) is 0 Å². The molecule has 0 heterocycles. The average molecular weight is 251 g/mol. The van der Waals surface area contributed by atoms with Gasteiger partial charge < -0.3 is 0 Å². The number of rotatable bonds is 3. The van der Waals surface area contributed by atoms with Crippen LogP contribution in [0.15, 0.2) is 28.7 Å². The van der Waals surface area contributed by atoms with E-state index in [1.165, 1.54) is 5.56 Å². The number of nitrogens with zero attached hydrogens (tertiary/aromatic N) is 1. The van der Waals surface area contributed by atoms with Crippen molar-refractivity contribution in [3.63, 3.8) is 0 Å². The van der Waals surface area contributed by atoms with Crippen molar-refractivity contribution >= 4 is 17.2 Å². The van der Waals surface area contributed by atoms with E-state index < -0.39 is 11.0 Å². The molecule has 0 aliphatic carbocycles. The zero-order chi connectivity index (χ0) is 13.1. The van der Waals surface area contributed by atoms with Gasteiger partial charge in [0.25, 0.3) is 0 Å². The molecule has 94 valence electrons. The highest BCUT2D eigenvalue weighted by Crippen LogP contribution is 2.16. The van der Waals surface area contributed by atoms with Crippen LogP contribution in [0.1, 0.15) is 51.7 Å². The van der Waals surface area contributed by atoms with E-state index in [0.29, 0.717) is 5.92 Å². The second-order valence-electron chi connectivity index (χ2n) is 5.42. The number of hydrogen-bond donors (Lipinski definition) is 0. The molecule has 1 rings (SSSR count). The van der Waals surface area contributed by atoms with Crippen LogP contribution in [-0.4, -0.2) is 15.2 Å². The summed E-state index contributed by atoms with van der Waals surface area (Å²) in [7, 11) is -1.19.